The largest absolute Gasteiger partial charge is 0.361 e. The molecular weight excluding hydrogens is 286 g/mol. The number of hydrogen-bond donors (Lipinski definition) is 2. The zero-order valence-electron chi connectivity index (χ0n) is 11.3. The molecule has 0 fully saturated rings. The number of aromatic amines is 1. The minimum absolute atomic E-state index is 0.0255. The first-order valence-electron chi connectivity index (χ1n) is 6.72. The number of H-pyrrole nitrogens is 1. The molecule has 0 saturated heterocycles. The number of aromatic nitrogens is 1. The highest BCUT2D eigenvalue weighted by Gasteiger charge is 2.28. The summed E-state index contributed by atoms with van der Waals surface area (Å²) in [6, 6.07) is 9.54. The Morgan fingerprint density at radius 2 is 1.91 bits per heavy atom. The highest BCUT2D eigenvalue weighted by atomic mass is 19.1. The Labute approximate surface area is 124 Å². The van der Waals surface area contributed by atoms with Crippen LogP contribution in [0.25, 0.3) is 22.6 Å². The van der Waals surface area contributed by atoms with E-state index in [0.29, 0.717) is 0 Å². The van der Waals surface area contributed by atoms with Crippen LogP contribution in [-0.2, 0) is 4.79 Å². The number of amides is 1. The minimum atomic E-state index is -0.773. The van der Waals surface area contributed by atoms with Crippen molar-refractivity contribution in [3.8, 4) is 0 Å². The van der Waals surface area contributed by atoms with Gasteiger partial charge in [-0.25, -0.2) is 8.78 Å². The van der Waals surface area contributed by atoms with Gasteiger partial charge in [0.05, 0.1) is 5.69 Å². The fourth-order valence-corrected chi connectivity index (χ4v) is 2.73. The van der Waals surface area contributed by atoms with Crippen molar-refractivity contribution in [1.82, 2.24) is 4.98 Å². The molecule has 4 rings (SSSR count). The van der Waals surface area contributed by atoms with Crippen LogP contribution in [0.4, 0.5) is 14.5 Å². The van der Waals surface area contributed by atoms with Gasteiger partial charge in [0.15, 0.2) is 0 Å². The van der Waals surface area contributed by atoms with Gasteiger partial charge in [0.1, 0.15) is 11.6 Å². The lowest BCUT2D eigenvalue weighted by atomic mass is 10.0. The molecule has 0 saturated carbocycles. The molecule has 3 nitrogen and oxygen atoms in total. The van der Waals surface area contributed by atoms with Crippen molar-refractivity contribution in [3.05, 3.63) is 65.4 Å². The summed E-state index contributed by atoms with van der Waals surface area (Å²) in [6.45, 7) is 0. The van der Waals surface area contributed by atoms with Crippen LogP contribution in [0.1, 0.15) is 11.1 Å². The van der Waals surface area contributed by atoms with Crippen molar-refractivity contribution in [2.24, 2.45) is 0 Å². The van der Waals surface area contributed by atoms with Gasteiger partial charge in [-0.2, -0.15) is 0 Å². The summed E-state index contributed by atoms with van der Waals surface area (Å²) in [6.07, 6.45) is 3.40. The number of fused-ring (bicyclic) bond motifs is 2. The Kier molecular flexibility index (Phi) is 2.63. The lowest BCUT2D eigenvalue weighted by Crippen LogP contribution is -2.04. The Hall–Kier alpha value is -2.95. The lowest BCUT2D eigenvalue weighted by molar-refractivity contribution is -0.110. The van der Waals surface area contributed by atoms with E-state index in [1.54, 1.807) is 12.3 Å². The zero-order chi connectivity index (χ0) is 15.3. The van der Waals surface area contributed by atoms with Gasteiger partial charge in [-0.1, -0.05) is 18.2 Å². The van der Waals surface area contributed by atoms with Gasteiger partial charge < -0.3 is 10.3 Å². The second-order valence-electron chi connectivity index (χ2n) is 5.11. The van der Waals surface area contributed by atoms with Gasteiger partial charge in [0.25, 0.3) is 5.91 Å². The molecule has 0 spiro atoms. The standard InChI is InChI=1S/C17H10F2N2O/c18-10-6-12-13(17(22)21-16(12)14(19)7-10)5-9-8-20-15-4-2-1-3-11(9)15/h1-8,20H,(H,21,22)/b13-5+. The van der Waals surface area contributed by atoms with E-state index < -0.39 is 17.5 Å². The minimum Gasteiger partial charge on any atom is -0.361 e. The van der Waals surface area contributed by atoms with Gasteiger partial charge in [0.2, 0.25) is 0 Å². The summed E-state index contributed by atoms with van der Waals surface area (Å²) in [5, 5.41) is 3.38. The quantitative estimate of drug-likeness (QED) is 0.656. The number of para-hydroxylation sites is 1. The molecule has 2 heterocycles. The molecule has 5 heteroatoms. The number of benzene rings is 2. The topological polar surface area (TPSA) is 44.9 Å². The predicted molar refractivity (Wildman–Crippen MR) is 81.2 cm³/mol. The molecule has 2 N–H and O–H groups in total. The molecule has 1 amide bonds. The van der Waals surface area contributed by atoms with Crippen LogP contribution in [0, 0.1) is 11.6 Å². The van der Waals surface area contributed by atoms with Crippen molar-refractivity contribution < 1.29 is 13.6 Å². The second-order valence-corrected chi connectivity index (χ2v) is 5.11. The molecule has 1 aromatic heterocycles. The first-order valence-corrected chi connectivity index (χ1v) is 6.72. The van der Waals surface area contributed by atoms with E-state index in [1.807, 2.05) is 24.3 Å². The van der Waals surface area contributed by atoms with E-state index in [1.165, 1.54) is 0 Å². The van der Waals surface area contributed by atoms with Crippen LogP contribution in [0.5, 0.6) is 0 Å². The molecule has 108 valence electrons. The highest BCUT2D eigenvalue weighted by Crippen LogP contribution is 2.36. The van der Waals surface area contributed by atoms with Gasteiger partial charge in [0, 0.05) is 39.9 Å². The van der Waals surface area contributed by atoms with Crippen molar-refractivity contribution in [2.45, 2.75) is 0 Å². The lowest BCUT2D eigenvalue weighted by Gasteiger charge is -2.00. The number of carbonyl (C=O) groups is 1. The molecule has 3 aromatic rings. The summed E-state index contributed by atoms with van der Waals surface area (Å²) in [5.74, 6) is -1.92. The van der Waals surface area contributed by atoms with Crippen molar-refractivity contribution in [2.75, 3.05) is 5.32 Å². The molecule has 0 aliphatic carbocycles. The number of anilines is 1. The summed E-state index contributed by atoms with van der Waals surface area (Å²) in [7, 11) is 0. The number of nitrogens with one attached hydrogen (secondary N) is 2. The van der Waals surface area contributed by atoms with Gasteiger partial charge >= 0.3 is 0 Å². The average molecular weight is 296 g/mol. The second kappa shape index (κ2) is 4.53. The van der Waals surface area contributed by atoms with E-state index in [0.717, 1.165) is 28.6 Å². The summed E-state index contributed by atoms with van der Waals surface area (Å²) >= 11 is 0. The van der Waals surface area contributed by atoms with E-state index in [9.17, 15) is 13.6 Å². The molecule has 22 heavy (non-hydrogen) atoms. The molecule has 1 aliphatic rings. The monoisotopic (exact) mass is 296 g/mol. The Balaban J connectivity index is 1.92. The average Bonchev–Trinajstić information content (AvgIpc) is 3.03. The third-order valence-corrected chi connectivity index (χ3v) is 3.75. The maximum absolute atomic E-state index is 13.7. The van der Waals surface area contributed by atoms with Crippen molar-refractivity contribution >= 4 is 34.1 Å². The molecule has 1 aliphatic heterocycles. The van der Waals surface area contributed by atoms with E-state index in [4.69, 9.17) is 0 Å². The third-order valence-electron chi connectivity index (χ3n) is 3.75. The summed E-state index contributed by atoms with van der Waals surface area (Å²) < 4.78 is 27.2. The van der Waals surface area contributed by atoms with Crippen LogP contribution < -0.4 is 5.32 Å². The van der Waals surface area contributed by atoms with Crippen LogP contribution >= 0.6 is 0 Å². The maximum atomic E-state index is 13.7. The Bertz CT molecular complexity index is 956. The van der Waals surface area contributed by atoms with E-state index >= 15 is 0 Å². The zero-order valence-corrected chi connectivity index (χ0v) is 11.3. The van der Waals surface area contributed by atoms with Crippen molar-refractivity contribution in [1.29, 1.82) is 0 Å². The third kappa shape index (κ3) is 1.83. The SMILES string of the molecule is O=C1Nc2c(F)cc(F)cc2/C1=C\c1c[nH]c2ccccc12. The Morgan fingerprint density at radius 3 is 2.77 bits per heavy atom. The van der Waals surface area contributed by atoms with E-state index in [2.05, 4.69) is 10.3 Å². The summed E-state index contributed by atoms with van der Waals surface area (Å²) in [4.78, 5) is 15.2. The Morgan fingerprint density at radius 1 is 1.09 bits per heavy atom. The fraction of sp³-hybridized carbons (Fsp3) is 0. The van der Waals surface area contributed by atoms with Crippen molar-refractivity contribution in [3.63, 3.8) is 0 Å². The highest BCUT2D eigenvalue weighted by molar-refractivity contribution is 6.35. The normalized spacial score (nSPS) is 15.4. The number of halogens is 2. The van der Waals surface area contributed by atoms with Crippen LogP contribution in [0.15, 0.2) is 42.6 Å². The van der Waals surface area contributed by atoms with Crippen LogP contribution in [0.3, 0.4) is 0 Å². The first kappa shape index (κ1) is 12.8. The fourth-order valence-electron chi connectivity index (χ4n) is 2.73. The molecule has 0 radical (unpaired) electrons. The summed E-state index contributed by atoms with van der Waals surface area (Å²) in [5.41, 5.74) is 2.24. The predicted octanol–water partition coefficient (Wildman–Crippen LogP) is 3.94. The first-order chi connectivity index (χ1) is 10.6. The number of hydrogen-bond acceptors (Lipinski definition) is 1. The molecule has 0 bridgehead atoms. The molecule has 2 aromatic carbocycles. The van der Waals surface area contributed by atoms with Crippen LogP contribution in [0.2, 0.25) is 0 Å². The van der Waals surface area contributed by atoms with Crippen LogP contribution in [-0.4, -0.2) is 10.9 Å². The smallest absolute Gasteiger partial charge is 0.256 e. The van der Waals surface area contributed by atoms with E-state index in [-0.39, 0.29) is 16.8 Å². The number of rotatable bonds is 1. The van der Waals surface area contributed by atoms with Gasteiger partial charge in [-0.05, 0) is 18.2 Å². The maximum Gasteiger partial charge on any atom is 0.256 e. The van der Waals surface area contributed by atoms with Gasteiger partial charge in [-0.15, -0.1) is 0 Å². The molecular formula is C17H10F2N2O. The molecule has 0 unspecified atom stereocenters. The van der Waals surface area contributed by atoms with Gasteiger partial charge in [-0.3, -0.25) is 4.79 Å². The number of carbonyl (C=O) groups excluding carboxylic acids is 1. The molecule has 0 atom stereocenters.